The van der Waals surface area contributed by atoms with Gasteiger partial charge in [-0.25, -0.2) is 0 Å². The molecule has 106 valence electrons. The lowest BCUT2D eigenvalue weighted by molar-refractivity contribution is -0.0113. The quantitative estimate of drug-likeness (QED) is 0.858. The van der Waals surface area contributed by atoms with Crippen LogP contribution in [-0.2, 0) is 6.42 Å². The third-order valence-corrected chi connectivity index (χ3v) is 4.30. The van der Waals surface area contributed by atoms with Crippen LogP contribution in [0.2, 0.25) is 0 Å². The van der Waals surface area contributed by atoms with Gasteiger partial charge in [-0.2, -0.15) is 0 Å². The van der Waals surface area contributed by atoms with Crippen LogP contribution in [0.25, 0.3) is 0 Å². The van der Waals surface area contributed by atoms with Crippen LogP contribution in [0.1, 0.15) is 56.7 Å². The number of nitrogens with two attached hydrogens (primary N) is 1. The highest BCUT2D eigenvalue weighted by Crippen LogP contribution is 2.31. The summed E-state index contributed by atoms with van der Waals surface area (Å²) in [5.74, 6) is 0.816. The normalized spacial score (nSPS) is 19.1. The molecule has 1 aliphatic rings. The molecule has 0 amide bonds. The second kappa shape index (κ2) is 5.93. The Morgan fingerprint density at radius 3 is 2.79 bits per heavy atom. The van der Waals surface area contributed by atoms with E-state index >= 15 is 0 Å². The molecule has 0 unspecified atom stereocenters. The van der Waals surface area contributed by atoms with Gasteiger partial charge in [0.15, 0.2) is 0 Å². The summed E-state index contributed by atoms with van der Waals surface area (Å²) in [5, 5.41) is 10.2. The summed E-state index contributed by atoms with van der Waals surface area (Å²) in [7, 11) is 0. The molecule has 0 heterocycles. The molecule has 3 heteroatoms. The van der Waals surface area contributed by atoms with Crippen molar-refractivity contribution >= 4 is 0 Å². The van der Waals surface area contributed by atoms with Gasteiger partial charge in [0.25, 0.3) is 0 Å². The van der Waals surface area contributed by atoms with Gasteiger partial charge in [-0.3, -0.25) is 0 Å². The lowest BCUT2D eigenvalue weighted by Crippen LogP contribution is -2.34. The van der Waals surface area contributed by atoms with Crippen molar-refractivity contribution in [2.75, 3.05) is 6.61 Å². The van der Waals surface area contributed by atoms with Gasteiger partial charge in [0.1, 0.15) is 12.4 Å². The third-order valence-electron chi connectivity index (χ3n) is 4.30. The first-order valence-corrected chi connectivity index (χ1v) is 7.31. The highest BCUT2D eigenvalue weighted by atomic mass is 16.5. The number of rotatable bonds is 5. The Morgan fingerprint density at radius 2 is 2.11 bits per heavy atom. The highest BCUT2D eigenvalue weighted by molar-refractivity contribution is 5.39. The van der Waals surface area contributed by atoms with E-state index in [0.29, 0.717) is 19.4 Å². The molecule has 1 aromatic rings. The molecule has 0 aromatic heterocycles. The summed E-state index contributed by atoms with van der Waals surface area (Å²) in [6, 6.07) is 6.28. The van der Waals surface area contributed by atoms with Crippen LogP contribution >= 0.6 is 0 Å². The van der Waals surface area contributed by atoms with Crippen LogP contribution in [0.15, 0.2) is 18.2 Å². The second-order valence-corrected chi connectivity index (χ2v) is 5.58. The lowest BCUT2D eigenvalue weighted by Gasteiger charge is -2.26. The van der Waals surface area contributed by atoms with Gasteiger partial charge >= 0.3 is 0 Å². The Balaban J connectivity index is 2.08. The van der Waals surface area contributed by atoms with Crippen LogP contribution in [0, 0.1) is 0 Å². The first-order valence-electron chi connectivity index (χ1n) is 7.31. The average molecular weight is 263 g/mol. The monoisotopic (exact) mass is 263 g/mol. The maximum Gasteiger partial charge on any atom is 0.119 e. The third kappa shape index (κ3) is 3.28. The number of ether oxygens (including phenoxy) is 1. The van der Waals surface area contributed by atoms with E-state index in [4.69, 9.17) is 10.5 Å². The molecule has 0 radical (unpaired) electrons. The molecule has 0 bridgehead atoms. The number of hydrogen-bond acceptors (Lipinski definition) is 3. The minimum Gasteiger partial charge on any atom is -0.491 e. The van der Waals surface area contributed by atoms with Gasteiger partial charge in [0, 0.05) is 6.04 Å². The minimum atomic E-state index is -0.724. The predicted molar refractivity (Wildman–Crippen MR) is 77.3 cm³/mol. The van der Waals surface area contributed by atoms with Gasteiger partial charge in [0.05, 0.1) is 5.60 Å². The van der Waals surface area contributed by atoms with E-state index in [1.54, 1.807) is 0 Å². The van der Waals surface area contributed by atoms with Crippen molar-refractivity contribution in [3.63, 3.8) is 0 Å². The van der Waals surface area contributed by atoms with Crippen molar-refractivity contribution < 1.29 is 9.84 Å². The zero-order valence-electron chi connectivity index (χ0n) is 12.0. The largest absolute Gasteiger partial charge is 0.491 e. The van der Waals surface area contributed by atoms with Crippen LogP contribution < -0.4 is 10.5 Å². The topological polar surface area (TPSA) is 55.5 Å². The summed E-state index contributed by atoms with van der Waals surface area (Å²) in [6.45, 7) is 4.30. The Labute approximate surface area is 115 Å². The molecule has 3 N–H and O–H groups in total. The van der Waals surface area contributed by atoms with Crippen molar-refractivity contribution in [2.45, 2.75) is 57.6 Å². The van der Waals surface area contributed by atoms with Crippen molar-refractivity contribution in [2.24, 2.45) is 5.73 Å². The summed E-state index contributed by atoms with van der Waals surface area (Å²) < 4.78 is 5.76. The van der Waals surface area contributed by atoms with Crippen molar-refractivity contribution in [1.82, 2.24) is 0 Å². The van der Waals surface area contributed by atoms with Crippen LogP contribution in [-0.4, -0.2) is 17.3 Å². The van der Waals surface area contributed by atoms with Crippen LogP contribution in [0.5, 0.6) is 5.75 Å². The van der Waals surface area contributed by atoms with Crippen LogP contribution in [0.3, 0.4) is 0 Å². The minimum absolute atomic E-state index is 0.128. The molecule has 0 spiro atoms. The van der Waals surface area contributed by atoms with E-state index in [-0.39, 0.29) is 6.04 Å². The Bertz CT molecular complexity index is 427. The number of benzene rings is 1. The van der Waals surface area contributed by atoms with E-state index in [2.05, 4.69) is 6.07 Å². The molecule has 1 aromatic carbocycles. The van der Waals surface area contributed by atoms with Crippen molar-refractivity contribution in [3.8, 4) is 5.75 Å². The number of aryl methyl sites for hydroxylation is 1. The van der Waals surface area contributed by atoms with Crippen molar-refractivity contribution in [3.05, 3.63) is 29.3 Å². The number of aliphatic hydroxyl groups is 1. The second-order valence-electron chi connectivity index (χ2n) is 5.58. The molecular formula is C16H25NO2. The predicted octanol–water partition coefficient (Wildman–Crippen LogP) is 2.95. The smallest absolute Gasteiger partial charge is 0.119 e. The molecule has 3 nitrogen and oxygen atoms in total. The SMILES string of the molecule is CCC(O)(CC)COc1ccc2c(c1)[C@@H](N)CCC2. The molecule has 2 rings (SSSR count). The maximum atomic E-state index is 10.2. The summed E-state index contributed by atoms with van der Waals surface area (Å²) in [4.78, 5) is 0. The summed E-state index contributed by atoms with van der Waals surface area (Å²) in [5.41, 5.74) is 7.97. The van der Waals surface area contributed by atoms with Crippen molar-refractivity contribution in [1.29, 1.82) is 0 Å². The van der Waals surface area contributed by atoms with Gasteiger partial charge in [-0.1, -0.05) is 19.9 Å². The molecule has 0 aliphatic heterocycles. The van der Waals surface area contributed by atoms with Gasteiger partial charge in [-0.05, 0) is 55.4 Å². The molecule has 1 atom stereocenters. The molecule has 0 saturated heterocycles. The first kappa shape index (κ1) is 14.4. The summed E-state index contributed by atoms with van der Waals surface area (Å²) in [6.07, 6.45) is 4.73. The Hall–Kier alpha value is -1.06. The van der Waals surface area contributed by atoms with E-state index in [9.17, 15) is 5.11 Å². The van der Waals surface area contributed by atoms with E-state index < -0.39 is 5.60 Å². The van der Waals surface area contributed by atoms with Gasteiger partial charge in [0.2, 0.25) is 0 Å². The van der Waals surface area contributed by atoms with E-state index in [1.807, 2.05) is 26.0 Å². The fraction of sp³-hybridized carbons (Fsp3) is 0.625. The Morgan fingerprint density at radius 1 is 1.37 bits per heavy atom. The molecule has 0 fully saturated rings. The summed E-state index contributed by atoms with van der Waals surface area (Å²) >= 11 is 0. The molecule has 0 saturated carbocycles. The maximum absolute atomic E-state index is 10.2. The Kier molecular flexibility index (Phi) is 4.48. The van der Waals surface area contributed by atoms with Gasteiger partial charge in [-0.15, -0.1) is 0 Å². The van der Waals surface area contributed by atoms with Gasteiger partial charge < -0.3 is 15.6 Å². The standard InChI is InChI=1S/C16H25NO2/c1-3-16(18,4-2)11-19-13-9-8-12-6-5-7-15(17)14(12)10-13/h8-10,15,18H,3-7,11,17H2,1-2H3/t15-/m0/s1. The zero-order chi connectivity index (χ0) is 13.9. The number of hydrogen-bond donors (Lipinski definition) is 2. The van der Waals surface area contributed by atoms with E-state index in [1.165, 1.54) is 17.5 Å². The number of fused-ring (bicyclic) bond motifs is 1. The molecular weight excluding hydrogens is 238 g/mol. The average Bonchev–Trinajstić information content (AvgIpc) is 2.45. The van der Waals surface area contributed by atoms with E-state index in [0.717, 1.165) is 18.6 Å². The molecule has 19 heavy (non-hydrogen) atoms. The fourth-order valence-electron chi connectivity index (χ4n) is 2.58. The fourth-order valence-corrected chi connectivity index (χ4v) is 2.58. The molecule has 1 aliphatic carbocycles. The lowest BCUT2D eigenvalue weighted by atomic mass is 9.88. The zero-order valence-corrected chi connectivity index (χ0v) is 12.0. The van der Waals surface area contributed by atoms with Crippen LogP contribution in [0.4, 0.5) is 0 Å². The highest BCUT2D eigenvalue weighted by Gasteiger charge is 2.23. The first-order chi connectivity index (χ1) is 9.08.